The number of methoxy groups -OCH3 is 1. The molecule has 0 aromatic carbocycles. The first-order valence-electron chi connectivity index (χ1n) is 4.89. The van der Waals surface area contributed by atoms with E-state index < -0.39 is 12.1 Å². The van der Waals surface area contributed by atoms with Crippen LogP contribution in [0.1, 0.15) is 19.0 Å². The minimum atomic E-state index is -0.629. The maximum absolute atomic E-state index is 11.6. The Morgan fingerprint density at radius 1 is 1.62 bits per heavy atom. The Kier molecular flexibility index (Phi) is 4.43. The minimum absolute atomic E-state index is 0.0756. The van der Waals surface area contributed by atoms with Gasteiger partial charge in [-0.1, -0.05) is 6.92 Å². The van der Waals surface area contributed by atoms with Gasteiger partial charge >= 0.3 is 6.09 Å². The first kappa shape index (κ1) is 12.2. The van der Waals surface area contributed by atoms with Crippen molar-refractivity contribution in [3.8, 4) is 0 Å². The summed E-state index contributed by atoms with van der Waals surface area (Å²) in [7, 11) is 1.25. The summed E-state index contributed by atoms with van der Waals surface area (Å²) in [5.41, 5.74) is 0.614. The van der Waals surface area contributed by atoms with Crippen molar-refractivity contribution in [3.05, 3.63) is 11.9 Å². The van der Waals surface area contributed by atoms with Crippen molar-refractivity contribution < 1.29 is 14.3 Å². The van der Waals surface area contributed by atoms with E-state index in [4.69, 9.17) is 0 Å². The van der Waals surface area contributed by atoms with Gasteiger partial charge in [0, 0.05) is 12.8 Å². The van der Waals surface area contributed by atoms with Crippen molar-refractivity contribution >= 4 is 11.9 Å². The van der Waals surface area contributed by atoms with Crippen molar-refractivity contribution in [2.45, 2.75) is 25.8 Å². The van der Waals surface area contributed by atoms with Crippen molar-refractivity contribution in [1.29, 1.82) is 0 Å². The van der Waals surface area contributed by atoms with Gasteiger partial charge in [0.1, 0.15) is 0 Å². The van der Waals surface area contributed by atoms with E-state index in [9.17, 15) is 9.59 Å². The van der Waals surface area contributed by atoms with Crippen LogP contribution >= 0.6 is 0 Å². The molecule has 7 nitrogen and oxygen atoms in total. The Morgan fingerprint density at radius 2 is 2.38 bits per heavy atom. The third-order valence-corrected chi connectivity index (χ3v) is 2.09. The van der Waals surface area contributed by atoms with E-state index in [-0.39, 0.29) is 5.78 Å². The summed E-state index contributed by atoms with van der Waals surface area (Å²) in [6.45, 7) is 1.73. The molecule has 1 rings (SSSR count). The Morgan fingerprint density at radius 3 is 2.88 bits per heavy atom. The van der Waals surface area contributed by atoms with Crippen LogP contribution < -0.4 is 5.32 Å². The molecule has 1 amide bonds. The summed E-state index contributed by atoms with van der Waals surface area (Å²) in [5, 5.41) is 12.4. The maximum atomic E-state index is 11.6. The summed E-state index contributed by atoms with van der Waals surface area (Å²) in [4.78, 5) is 22.6. The molecule has 0 aliphatic rings. The third kappa shape index (κ3) is 3.34. The van der Waals surface area contributed by atoms with Gasteiger partial charge in [-0.2, -0.15) is 15.4 Å². The Balaban J connectivity index is 2.64. The molecule has 1 atom stereocenters. The molecule has 88 valence electrons. The SMILES string of the molecule is CCC(=O)C(Cc1cn[nH]n1)NC(=O)OC. The Bertz CT molecular complexity index is 350. The zero-order valence-corrected chi connectivity index (χ0v) is 9.19. The highest BCUT2D eigenvalue weighted by molar-refractivity contribution is 5.87. The van der Waals surface area contributed by atoms with E-state index in [0.29, 0.717) is 18.5 Å². The van der Waals surface area contributed by atoms with Crippen LogP contribution in [-0.4, -0.2) is 40.4 Å². The van der Waals surface area contributed by atoms with E-state index in [1.165, 1.54) is 13.3 Å². The molecule has 0 radical (unpaired) electrons. The van der Waals surface area contributed by atoms with Gasteiger partial charge in [0.15, 0.2) is 5.78 Å². The number of amides is 1. The molecule has 0 spiro atoms. The van der Waals surface area contributed by atoms with Gasteiger partial charge in [-0.15, -0.1) is 0 Å². The smallest absolute Gasteiger partial charge is 0.407 e. The van der Waals surface area contributed by atoms with Gasteiger partial charge in [0.25, 0.3) is 0 Å². The lowest BCUT2D eigenvalue weighted by Gasteiger charge is -2.14. The minimum Gasteiger partial charge on any atom is -0.453 e. The first-order chi connectivity index (χ1) is 7.67. The number of alkyl carbamates (subject to hydrolysis) is 1. The molecule has 0 fully saturated rings. The molecule has 0 aliphatic carbocycles. The predicted molar refractivity (Wildman–Crippen MR) is 54.7 cm³/mol. The van der Waals surface area contributed by atoms with Crippen LogP contribution in [-0.2, 0) is 16.0 Å². The number of nitrogens with one attached hydrogen (secondary N) is 2. The van der Waals surface area contributed by atoms with Gasteiger partial charge in [-0.25, -0.2) is 4.79 Å². The number of aromatic nitrogens is 3. The number of nitrogens with zero attached hydrogens (tertiary/aromatic N) is 2. The van der Waals surface area contributed by atoms with Crippen molar-refractivity contribution in [3.63, 3.8) is 0 Å². The number of aromatic amines is 1. The fourth-order valence-corrected chi connectivity index (χ4v) is 1.23. The number of hydrogen-bond donors (Lipinski definition) is 2. The number of hydrogen-bond acceptors (Lipinski definition) is 5. The summed E-state index contributed by atoms with van der Waals surface area (Å²) >= 11 is 0. The van der Waals surface area contributed by atoms with E-state index in [2.05, 4.69) is 25.5 Å². The highest BCUT2D eigenvalue weighted by atomic mass is 16.5. The van der Waals surface area contributed by atoms with Crippen LogP contribution in [0, 0.1) is 0 Å². The molecule has 0 saturated carbocycles. The van der Waals surface area contributed by atoms with E-state index >= 15 is 0 Å². The topological polar surface area (TPSA) is 97.0 Å². The monoisotopic (exact) mass is 226 g/mol. The molecule has 1 aromatic rings. The number of carbonyl (C=O) groups excluding carboxylic acids is 2. The number of ketones is 1. The van der Waals surface area contributed by atoms with Gasteiger partial charge in [-0.3, -0.25) is 4.79 Å². The lowest BCUT2D eigenvalue weighted by atomic mass is 10.1. The van der Waals surface area contributed by atoms with Crippen LogP contribution in [0.5, 0.6) is 0 Å². The molecule has 7 heteroatoms. The third-order valence-electron chi connectivity index (χ3n) is 2.09. The molecule has 16 heavy (non-hydrogen) atoms. The van der Waals surface area contributed by atoms with Crippen LogP contribution in [0.25, 0.3) is 0 Å². The predicted octanol–water partition coefficient (Wildman–Crippen LogP) is 0.0509. The van der Waals surface area contributed by atoms with E-state index in [0.717, 1.165) is 0 Å². The average Bonchev–Trinajstić information content (AvgIpc) is 2.79. The number of ether oxygens (including phenoxy) is 1. The van der Waals surface area contributed by atoms with Gasteiger partial charge in [-0.05, 0) is 0 Å². The molecule has 0 aliphatic heterocycles. The highest BCUT2D eigenvalue weighted by Crippen LogP contribution is 2.01. The highest BCUT2D eigenvalue weighted by Gasteiger charge is 2.20. The Hall–Kier alpha value is -1.92. The normalized spacial score (nSPS) is 11.9. The van der Waals surface area contributed by atoms with Gasteiger partial charge in [0.05, 0.1) is 25.0 Å². The number of H-pyrrole nitrogens is 1. The van der Waals surface area contributed by atoms with Crippen molar-refractivity contribution in [1.82, 2.24) is 20.7 Å². The fraction of sp³-hybridized carbons (Fsp3) is 0.556. The largest absolute Gasteiger partial charge is 0.453 e. The molecule has 0 bridgehead atoms. The lowest BCUT2D eigenvalue weighted by Crippen LogP contribution is -2.42. The maximum Gasteiger partial charge on any atom is 0.407 e. The second-order valence-corrected chi connectivity index (χ2v) is 3.17. The van der Waals surface area contributed by atoms with E-state index in [1.807, 2.05) is 0 Å². The number of rotatable bonds is 5. The fourth-order valence-electron chi connectivity index (χ4n) is 1.23. The summed E-state index contributed by atoms with van der Waals surface area (Å²) < 4.78 is 4.45. The lowest BCUT2D eigenvalue weighted by molar-refractivity contribution is -0.120. The molecular weight excluding hydrogens is 212 g/mol. The summed E-state index contributed by atoms with van der Waals surface area (Å²) in [6, 6.07) is -0.623. The van der Waals surface area contributed by atoms with Crippen LogP contribution in [0.2, 0.25) is 0 Å². The van der Waals surface area contributed by atoms with Crippen molar-refractivity contribution in [2.24, 2.45) is 0 Å². The van der Waals surface area contributed by atoms with Crippen molar-refractivity contribution in [2.75, 3.05) is 7.11 Å². The van der Waals surface area contributed by atoms with Crippen LogP contribution in [0.3, 0.4) is 0 Å². The Labute approximate surface area is 92.6 Å². The number of Topliss-reactive ketones (excluding diaryl/α,β-unsaturated/α-hetero) is 1. The molecular formula is C9H14N4O3. The molecule has 1 heterocycles. The standard InChI is InChI=1S/C9H14N4O3/c1-3-8(14)7(11-9(15)16-2)4-6-5-10-13-12-6/h5,7H,3-4H2,1-2H3,(H,11,15)(H,10,12,13). The second kappa shape index (κ2) is 5.84. The quantitative estimate of drug-likeness (QED) is 0.739. The molecule has 1 unspecified atom stereocenters. The number of carbonyl (C=O) groups is 2. The summed E-state index contributed by atoms with van der Waals surface area (Å²) in [6.07, 6.45) is 1.52. The molecule has 0 saturated heterocycles. The van der Waals surface area contributed by atoms with E-state index in [1.54, 1.807) is 6.92 Å². The zero-order chi connectivity index (χ0) is 12.0. The molecule has 2 N–H and O–H groups in total. The van der Waals surface area contributed by atoms with Gasteiger partial charge in [0.2, 0.25) is 0 Å². The summed E-state index contributed by atoms with van der Waals surface area (Å²) in [5.74, 6) is -0.0756. The average molecular weight is 226 g/mol. The second-order valence-electron chi connectivity index (χ2n) is 3.17. The van der Waals surface area contributed by atoms with Gasteiger partial charge < -0.3 is 10.1 Å². The molecule has 1 aromatic heterocycles. The van der Waals surface area contributed by atoms with Crippen LogP contribution in [0.15, 0.2) is 6.20 Å². The van der Waals surface area contributed by atoms with Crippen LogP contribution in [0.4, 0.5) is 4.79 Å². The first-order valence-corrected chi connectivity index (χ1v) is 4.89. The zero-order valence-electron chi connectivity index (χ0n) is 9.19.